The van der Waals surface area contributed by atoms with E-state index in [2.05, 4.69) is 27.2 Å². The number of fused-ring (bicyclic) bond motifs is 1. The Bertz CT molecular complexity index is 517. The molecular weight excluding hydrogens is 250 g/mol. The van der Waals surface area contributed by atoms with Crippen LogP contribution in [0.5, 0.6) is 0 Å². The Labute approximate surface area is 120 Å². The monoisotopic (exact) mass is 273 g/mol. The highest BCUT2D eigenvalue weighted by molar-refractivity contribution is 5.42. The first-order valence-corrected chi connectivity index (χ1v) is 7.62. The predicted octanol–water partition coefficient (Wildman–Crippen LogP) is 2.41. The highest BCUT2D eigenvalue weighted by Gasteiger charge is 2.17. The lowest BCUT2D eigenvalue weighted by Crippen LogP contribution is -2.38. The van der Waals surface area contributed by atoms with Crippen LogP contribution in [-0.2, 0) is 0 Å². The zero-order valence-corrected chi connectivity index (χ0v) is 12.1. The summed E-state index contributed by atoms with van der Waals surface area (Å²) >= 11 is 0. The van der Waals surface area contributed by atoms with Crippen molar-refractivity contribution < 1.29 is 0 Å². The minimum absolute atomic E-state index is 0.725. The quantitative estimate of drug-likeness (QED) is 0.850. The zero-order chi connectivity index (χ0) is 13.8. The van der Waals surface area contributed by atoms with Gasteiger partial charge in [0.1, 0.15) is 0 Å². The van der Waals surface area contributed by atoms with E-state index in [-0.39, 0.29) is 0 Å². The van der Waals surface area contributed by atoms with Crippen LogP contribution in [0.1, 0.15) is 32.6 Å². The van der Waals surface area contributed by atoms with Crippen LogP contribution in [0.25, 0.3) is 5.65 Å². The number of anilines is 1. The summed E-state index contributed by atoms with van der Waals surface area (Å²) in [5, 5.41) is 7.71. The summed E-state index contributed by atoms with van der Waals surface area (Å²) in [6, 6.07) is 6.65. The molecule has 1 aliphatic rings. The van der Waals surface area contributed by atoms with Gasteiger partial charge in [0.05, 0.1) is 0 Å². The number of piperidine rings is 1. The fraction of sp³-hybridized carbons (Fsp3) is 0.600. The summed E-state index contributed by atoms with van der Waals surface area (Å²) in [7, 11) is 0. The van der Waals surface area contributed by atoms with Gasteiger partial charge in [0.2, 0.25) is 5.95 Å². The second kappa shape index (κ2) is 6.22. The molecule has 1 atom stereocenters. The maximum absolute atomic E-state index is 4.44. The van der Waals surface area contributed by atoms with Gasteiger partial charge in [-0.25, -0.2) is 4.52 Å². The summed E-state index contributed by atoms with van der Waals surface area (Å²) in [6.45, 7) is 5.70. The minimum Gasteiger partial charge on any atom is -0.353 e. The molecule has 0 aromatic carbocycles. The molecule has 0 saturated carbocycles. The van der Waals surface area contributed by atoms with Gasteiger partial charge >= 0.3 is 0 Å². The molecule has 5 nitrogen and oxygen atoms in total. The molecule has 0 bridgehead atoms. The van der Waals surface area contributed by atoms with E-state index < -0.39 is 0 Å². The van der Waals surface area contributed by atoms with Gasteiger partial charge in [0.25, 0.3) is 0 Å². The van der Waals surface area contributed by atoms with Crippen LogP contribution in [-0.4, -0.2) is 45.2 Å². The first kappa shape index (κ1) is 13.4. The van der Waals surface area contributed by atoms with Crippen LogP contribution in [0.3, 0.4) is 0 Å². The van der Waals surface area contributed by atoms with Gasteiger partial charge in [-0.1, -0.05) is 12.5 Å². The highest BCUT2D eigenvalue weighted by atomic mass is 15.3. The summed E-state index contributed by atoms with van der Waals surface area (Å²) in [4.78, 5) is 7.04. The van der Waals surface area contributed by atoms with Gasteiger partial charge in [-0.2, -0.15) is 4.98 Å². The molecule has 3 rings (SSSR count). The Balaban J connectivity index is 1.45. The molecule has 1 aliphatic heterocycles. The maximum Gasteiger partial charge on any atom is 0.243 e. The van der Waals surface area contributed by atoms with E-state index in [0.717, 1.165) is 30.6 Å². The second-order valence-electron chi connectivity index (χ2n) is 5.60. The third kappa shape index (κ3) is 3.10. The second-order valence-corrected chi connectivity index (χ2v) is 5.60. The Hall–Kier alpha value is -1.62. The molecule has 20 heavy (non-hydrogen) atoms. The lowest BCUT2D eigenvalue weighted by molar-refractivity contribution is 0.160. The smallest absolute Gasteiger partial charge is 0.243 e. The van der Waals surface area contributed by atoms with Crippen LogP contribution in [0.4, 0.5) is 5.95 Å². The van der Waals surface area contributed by atoms with Crippen LogP contribution in [0.2, 0.25) is 0 Å². The molecule has 0 radical (unpaired) electrons. The van der Waals surface area contributed by atoms with Gasteiger partial charge in [0, 0.05) is 25.3 Å². The van der Waals surface area contributed by atoms with E-state index in [1.807, 2.05) is 24.4 Å². The van der Waals surface area contributed by atoms with Crippen molar-refractivity contribution >= 4 is 11.6 Å². The van der Waals surface area contributed by atoms with Crippen molar-refractivity contribution in [1.29, 1.82) is 0 Å². The molecule has 2 aromatic rings. The van der Waals surface area contributed by atoms with Gasteiger partial charge in [-0.15, -0.1) is 5.10 Å². The lowest BCUT2D eigenvalue weighted by atomic mass is 10.0. The molecule has 1 fully saturated rings. The fourth-order valence-corrected chi connectivity index (χ4v) is 2.88. The zero-order valence-electron chi connectivity index (χ0n) is 12.1. The minimum atomic E-state index is 0.725. The summed E-state index contributed by atoms with van der Waals surface area (Å²) in [5.41, 5.74) is 0.889. The van der Waals surface area contributed by atoms with Crippen LogP contribution >= 0.6 is 0 Å². The number of rotatable bonds is 5. The number of aromatic nitrogens is 3. The summed E-state index contributed by atoms with van der Waals surface area (Å²) in [5.74, 6) is 0.725. The van der Waals surface area contributed by atoms with Gasteiger partial charge in [0.15, 0.2) is 5.65 Å². The maximum atomic E-state index is 4.44. The number of hydrogen-bond donors (Lipinski definition) is 1. The van der Waals surface area contributed by atoms with Gasteiger partial charge in [-0.3, -0.25) is 0 Å². The average molecular weight is 273 g/mol. The van der Waals surface area contributed by atoms with Crippen molar-refractivity contribution in [3.8, 4) is 0 Å². The average Bonchev–Trinajstić information content (AvgIpc) is 2.88. The van der Waals surface area contributed by atoms with Crippen LogP contribution < -0.4 is 5.32 Å². The van der Waals surface area contributed by atoms with Crippen molar-refractivity contribution in [2.75, 3.05) is 25.0 Å². The summed E-state index contributed by atoms with van der Waals surface area (Å²) in [6.07, 6.45) is 7.15. The Kier molecular flexibility index (Phi) is 4.16. The molecule has 3 heterocycles. The molecule has 108 valence electrons. The number of pyridine rings is 1. The lowest BCUT2D eigenvalue weighted by Gasteiger charge is -2.33. The third-order valence-corrected chi connectivity index (χ3v) is 4.09. The molecule has 0 amide bonds. The largest absolute Gasteiger partial charge is 0.353 e. The molecule has 1 saturated heterocycles. The van der Waals surface area contributed by atoms with Gasteiger partial charge in [-0.05, 0) is 44.9 Å². The number of likely N-dealkylation sites (tertiary alicyclic amines) is 1. The number of hydrogen-bond acceptors (Lipinski definition) is 4. The van der Waals surface area contributed by atoms with Crippen molar-refractivity contribution in [3.63, 3.8) is 0 Å². The van der Waals surface area contributed by atoms with Crippen molar-refractivity contribution in [2.45, 2.75) is 38.6 Å². The van der Waals surface area contributed by atoms with Gasteiger partial charge < -0.3 is 10.2 Å². The molecular formula is C15H23N5. The third-order valence-electron chi connectivity index (χ3n) is 4.09. The summed E-state index contributed by atoms with van der Waals surface area (Å²) < 4.78 is 1.80. The molecule has 0 spiro atoms. The predicted molar refractivity (Wildman–Crippen MR) is 81.0 cm³/mol. The number of nitrogens with one attached hydrogen (secondary N) is 1. The van der Waals surface area contributed by atoms with Crippen molar-refractivity contribution in [1.82, 2.24) is 19.5 Å². The van der Waals surface area contributed by atoms with Crippen molar-refractivity contribution in [2.24, 2.45) is 0 Å². The van der Waals surface area contributed by atoms with E-state index in [1.54, 1.807) is 4.52 Å². The molecule has 2 aromatic heterocycles. The Morgan fingerprint density at radius 1 is 1.35 bits per heavy atom. The first-order valence-electron chi connectivity index (χ1n) is 7.62. The SMILES string of the molecule is CC1CCCCN1CCCNc1nc2ccccn2n1. The normalized spacial score (nSPS) is 20.4. The molecule has 1 N–H and O–H groups in total. The fourth-order valence-electron chi connectivity index (χ4n) is 2.88. The number of nitrogens with zero attached hydrogens (tertiary/aromatic N) is 4. The molecule has 0 aliphatic carbocycles. The van der Waals surface area contributed by atoms with E-state index in [9.17, 15) is 0 Å². The van der Waals surface area contributed by atoms with Crippen molar-refractivity contribution in [3.05, 3.63) is 24.4 Å². The first-order chi connectivity index (χ1) is 9.83. The standard InChI is InChI=1S/C15H23N5/c1-13-7-2-4-10-19(13)11-6-9-16-15-17-14-8-3-5-12-20(14)18-15/h3,5,8,12-13H,2,4,6-7,9-11H2,1H3,(H,16,18). The molecule has 5 heteroatoms. The Morgan fingerprint density at radius 2 is 2.30 bits per heavy atom. The van der Waals surface area contributed by atoms with E-state index in [0.29, 0.717) is 0 Å². The van der Waals surface area contributed by atoms with Crippen LogP contribution in [0.15, 0.2) is 24.4 Å². The topological polar surface area (TPSA) is 45.5 Å². The van der Waals surface area contributed by atoms with E-state index >= 15 is 0 Å². The van der Waals surface area contributed by atoms with E-state index in [1.165, 1.54) is 32.4 Å². The Morgan fingerprint density at radius 3 is 3.15 bits per heavy atom. The molecule has 1 unspecified atom stereocenters. The highest BCUT2D eigenvalue weighted by Crippen LogP contribution is 2.16. The van der Waals surface area contributed by atoms with Crippen LogP contribution in [0, 0.1) is 0 Å². The van der Waals surface area contributed by atoms with E-state index in [4.69, 9.17) is 0 Å².